The summed E-state index contributed by atoms with van der Waals surface area (Å²) in [4.78, 5) is 22.0. The van der Waals surface area contributed by atoms with Gasteiger partial charge in [-0.3, -0.25) is 0 Å². The van der Waals surface area contributed by atoms with Crippen LogP contribution < -0.4 is 4.90 Å². The number of piperidine rings is 1. The number of ether oxygens (including phenoxy) is 2. The number of methoxy groups -OCH3 is 1. The molecule has 1 fully saturated rings. The number of anilines is 1. The van der Waals surface area contributed by atoms with E-state index in [1.807, 2.05) is 13.0 Å². The summed E-state index contributed by atoms with van der Waals surface area (Å²) in [6.45, 7) is 3.85. The molecule has 0 amide bonds. The molecule has 7 nitrogen and oxygen atoms in total. The van der Waals surface area contributed by atoms with E-state index < -0.39 is 5.97 Å². The molecule has 0 unspecified atom stereocenters. The maximum Gasteiger partial charge on any atom is 0.376 e. The van der Waals surface area contributed by atoms with Gasteiger partial charge >= 0.3 is 5.97 Å². The highest BCUT2D eigenvalue weighted by Gasteiger charge is 2.22. The molecule has 1 aromatic heterocycles. The molecule has 0 spiro atoms. The summed E-state index contributed by atoms with van der Waals surface area (Å²) in [7, 11) is 1.32. The molecule has 1 aliphatic heterocycles. The van der Waals surface area contributed by atoms with Crippen LogP contribution in [0.2, 0.25) is 0 Å². The van der Waals surface area contributed by atoms with Crippen LogP contribution in [0.25, 0.3) is 0 Å². The van der Waals surface area contributed by atoms with Gasteiger partial charge in [0, 0.05) is 24.8 Å². The molecular weight excluding hydrogens is 274 g/mol. The highest BCUT2D eigenvalue weighted by molar-refractivity contribution is 5.85. The Kier molecular flexibility index (Phi) is 5.46. The molecule has 0 aromatic carbocycles. The lowest BCUT2D eigenvalue weighted by atomic mass is 10.1. The normalized spacial score (nSPS) is 16.0. The van der Waals surface area contributed by atoms with E-state index in [2.05, 4.69) is 19.6 Å². The van der Waals surface area contributed by atoms with Crippen LogP contribution in [-0.4, -0.2) is 60.6 Å². The SMILES string of the molecule is COC(=O)c1nc(C)cc(N2CCC(OCCO)CC2)n1. The third-order valence-electron chi connectivity index (χ3n) is 3.42. The number of aliphatic hydroxyl groups is 1. The number of nitrogens with zero attached hydrogens (tertiary/aromatic N) is 3. The van der Waals surface area contributed by atoms with Crippen LogP contribution in [0.5, 0.6) is 0 Å². The molecule has 1 saturated heterocycles. The molecule has 2 rings (SSSR count). The molecule has 1 N–H and O–H groups in total. The Labute approximate surface area is 123 Å². The highest BCUT2D eigenvalue weighted by atomic mass is 16.5. The molecular formula is C14H21N3O4. The van der Waals surface area contributed by atoms with Crippen LogP contribution in [0.4, 0.5) is 5.82 Å². The maximum absolute atomic E-state index is 11.6. The summed E-state index contributed by atoms with van der Waals surface area (Å²) in [5.41, 5.74) is 0.735. The summed E-state index contributed by atoms with van der Waals surface area (Å²) >= 11 is 0. The summed E-state index contributed by atoms with van der Waals surface area (Å²) in [6, 6.07) is 1.86. The predicted molar refractivity (Wildman–Crippen MR) is 76.4 cm³/mol. The number of aryl methyl sites for hydroxylation is 1. The average molecular weight is 295 g/mol. The number of hydrogen-bond acceptors (Lipinski definition) is 7. The van der Waals surface area contributed by atoms with Gasteiger partial charge in [-0.05, 0) is 19.8 Å². The van der Waals surface area contributed by atoms with Crippen molar-refractivity contribution in [3.8, 4) is 0 Å². The zero-order valence-corrected chi connectivity index (χ0v) is 12.4. The van der Waals surface area contributed by atoms with Gasteiger partial charge in [0.1, 0.15) is 5.82 Å². The minimum absolute atomic E-state index is 0.0494. The van der Waals surface area contributed by atoms with Crippen LogP contribution in [0.1, 0.15) is 29.2 Å². The quantitative estimate of drug-likeness (QED) is 0.794. The first-order chi connectivity index (χ1) is 10.1. The van der Waals surface area contributed by atoms with Crippen molar-refractivity contribution in [1.29, 1.82) is 0 Å². The number of aliphatic hydroxyl groups excluding tert-OH is 1. The van der Waals surface area contributed by atoms with Gasteiger partial charge in [0.25, 0.3) is 0 Å². The van der Waals surface area contributed by atoms with Gasteiger partial charge in [0.15, 0.2) is 0 Å². The van der Waals surface area contributed by atoms with E-state index in [9.17, 15) is 4.79 Å². The number of carbonyl (C=O) groups excluding carboxylic acids is 1. The molecule has 1 aromatic rings. The number of esters is 1. The fraction of sp³-hybridized carbons (Fsp3) is 0.643. The monoisotopic (exact) mass is 295 g/mol. The topological polar surface area (TPSA) is 84.8 Å². The number of carbonyl (C=O) groups is 1. The largest absolute Gasteiger partial charge is 0.463 e. The summed E-state index contributed by atoms with van der Waals surface area (Å²) < 4.78 is 10.2. The predicted octanol–water partition coefficient (Wildman–Crippen LogP) is 0.549. The van der Waals surface area contributed by atoms with Gasteiger partial charge in [0.05, 0.1) is 26.4 Å². The van der Waals surface area contributed by atoms with Crippen molar-refractivity contribution in [1.82, 2.24) is 9.97 Å². The third-order valence-corrected chi connectivity index (χ3v) is 3.42. The van der Waals surface area contributed by atoms with Crippen LogP contribution in [0.15, 0.2) is 6.07 Å². The van der Waals surface area contributed by atoms with E-state index >= 15 is 0 Å². The first-order valence-corrected chi connectivity index (χ1v) is 7.05. The summed E-state index contributed by atoms with van der Waals surface area (Å²) in [6.07, 6.45) is 1.92. The van der Waals surface area contributed by atoms with Crippen molar-refractivity contribution in [2.75, 3.05) is 38.3 Å². The van der Waals surface area contributed by atoms with Crippen molar-refractivity contribution in [2.45, 2.75) is 25.9 Å². The van der Waals surface area contributed by atoms with Crippen LogP contribution in [0, 0.1) is 6.92 Å². The Morgan fingerprint density at radius 1 is 1.43 bits per heavy atom. The van der Waals surface area contributed by atoms with E-state index in [-0.39, 0.29) is 18.5 Å². The summed E-state index contributed by atoms with van der Waals surface area (Å²) in [5.74, 6) is 0.302. The molecule has 2 heterocycles. The molecule has 116 valence electrons. The Morgan fingerprint density at radius 3 is 2.76 bits per heavy atom. The lowest BCUT2D eigenvalue weighted by Crippen LogP contribution is -2.38. The highest BCUT2D eigenvalue weighted by Crippen LogP contribution is 2.20. The fourth-order valence-electron chi connectivity index (χ4n) is 2.37. The van der Waals surface area contributed by atoms with Crippen molar-refractivity contribution >= 4 is 11.8 Å². The van der Waals surface area contributed by atoms with E-state index in [4.69, 9.17) is 9.84 Å². The van der Waals surface area contributed by atoms with Crippen LogP contribution in [-0.2, 0) is 9.47 Å². The van der Waals surface area contributed by atoms with E-state index in [0.29, 0.717) is 6.61 Å². The second kappa shape index (κ2) is 7.33. The number of hydrogen-bond donors (Lipinski definition) is 1. The third kappa shape index (κ3) is 4.12. The minimum Gasteiger partial charge on any atom is -0.463 e. The van der Waals surface area contributed by atoms with Crippen molar-refractivity contribution < 1.29 is 19.4 Å². The first kappa shape index (κ1) is 15.7. The van der Waals surface area contributed by atoms with Crippen molar-refractivity contribution in [2.24, 2.45) is 0 Å². The second-order valence-corrected chi connectivity index (χ2v) is 4.96. The van der Waals surface area contributed by atoms with Crippen LogP contribution in [0.3, 0.4) is 0 Å². The lowest BCUT2D eigenvalue weighted by molar-refractivity contribution is 0.0158. The van der Waals surface area contributed by atoms with Gasteiger partial charge in [-0.2, -0.15) is 0 Å². The van der Waals surface area contributed by atoms with E-state index in [1.54, 1.807) is 0 Å². The molecule has 21 heavy (non-hydrogen) atoms. The minimum atomic E-state index is -0.527. The van der Waals surface area contributed by atoms with Crippen LogP contribution >= 0.6 is 0 Å². The molecule has 7 heteroatoms. The first-order valence-electron chi connectivity index (χ1n) is 7.05. The standard InChI is InChI=1S/C14H21N3O4/c1-10-9-12(16-13(15-10)14(19)20-2)17-5-3-11(4-6-17)21-8-7-18/h9,11,18H,3-8H2,1-2H3. The number of aromatic nitrogens is 2. The Morgan fingerprint density at radius 2 is 2.14 bits per heavy atom. The number of rotatable bonds is 5. The average Bonchev–Trinajstić information content (AvgIpc) is 2.52. The van der Waals surface area contributed by atoms with Gasteiger partial charge in [-0.1, -0.05) is 0 Å². The zero-order valence-electron chi connectivity index (χ0n) is 12.4. The van der Waals surface area contributed by atoms with E-state index in [0.717, 1.165) is 37.4 Å². The Hall–Kier alpha value is -1.73. The molecule has 0 saturated carbocycles. The molecule has 0 radical (unpaired) electrons. The molecule has 0 atom stereocenters. The zero-order chi connectivity index (χ0) is 15.2. The van der Waals surface area contributed by atoms with Gasteiger partial charge in [0.2, 0.25) is 5.82 Å². The Balaban J connectivity index is 2.03. The van der Waals surface area contributed by atoms with Gasteiger partial charge < -0.3 is 19.5 Å². The summed E-state index contributed by atoms with van der Waals surface area (Å²) in [5, 5.41) is 8.77. The Bertz CT molecular complexity index is 487. The van der Waals surface area contributed by atoms with Gasteiger partial charge in [-0.15, -0.1) is 0 Å². The van der Waals surface area contributed by atoms with Crippen molar-refractivity contribution in [3.05, 3.63) is 17.6 Å². The maximum atomic E-state index is 11.6. The molecule has 1 aliphatic rings. The smallest absolute Gasteiger partial charge is 0.376 e. The van der Waals surface area contributed by atoms with Crippen molar-refractivity contribution in [3.63, 3.8) is 0 Å². The molecule has 0 bridgehead atoms. The van der Waals surface area contributed by atoms with Gasteiger partial charge in [-0.25, -0.2) is 14.8 Å². The fourth-order valence-corrected chi connectivity index (χ4v) is 2.37. The van der Waals surface area contributed by atoms with E-state index in [1.165, 1.54) is 7.11 Å². The molecule has 0 aliphatic carbocycles. The lowest BCUT2D eigenvalue weighted by Gasteiger charge is -2.32. The second-order valence-electron chi connectivity index (χ2n) is 4.96.